The van der Waals surface area contributed by atoms with Gasteiger partial charge in [0.15, 0.2) is 0 Å². The van der Waals surface area contributed by atoms with Crippen LogP contribution in [-0.4, -0.2) is 25.5 Å². The molecule has 0 bridgehead atoms. The molecular weight excluding hydrogens is 330 g/mol. The van der Waals surface area contributed by atoms with E-state index in [0.717, 1.165) is 16.7 Å². The van der Waals surface area contributed by atoms with E-state index < -0.39 is 0 Å². The van der Waals surface area contributed by atoms with Gasteiger partial charge in [-0.05, 0) is 36.4 Å². The fraction of sp³-hybridized carbons (Fsp3) is 0.158. The summed E-state index contributed by atoms with van der Waals surface area (Å²) in [6.07, 6.45) is 1.64. The second-order valence-corrected chi connectivity index (χ2v) is 6.20. The molecule has 0 fully saturated rings. The van der Waals surface area contributed by atoms with Crippen LogP contribution < -0.4 is 10.1 Å². The van der Waals surface area contributed by atoms with Crippen molar-refractivity contribution in [3.8, 4) is 11.6 Å². The number of amides is 1. The topological polar surface area (TPSA) is 81.4 Å². The highest BCUT2D eigenvalue weighted by molar-refractivity contribution is 5.92. The summed E-state index contributed by atoms with van der Waals surface area (Å²) in [6, 6.07) is 14.9. The molecule has 7 heteroatoms. The van der Waals surface area contributed by atoms with E-state index in [9.17, 15) is 4.79 Å². The molecule has 0 unspecified atom stereocenters. The van der Waals surface area contributed by atoms with Crippen LogP contribution in [-0.2, 0) is 4.79 Å². The molecule has 130 valence electrons. The Kier molecular flexibility index (Phi) is 3.96. The van der Waals surface area contributed by atoms with Crippen LogP contribution in [0.1, 0.15) is 13.8 Å². The normalized spacial score (nSPS) is 11.2. The van der Waals surface area contributed by atoms with Crippen LogP contribution in [0, 0.1) is 5.92 Å². The van der Waals surface area contributed by atoms with E-state index in [1.54, 1.807) is 30.6 Å². The third kappa shape index (κ3) is 2.95. The Bertz CT molecular complexity index is 1090. The maximum Gasteiger partial charge on any atom is 0.266 e. The van der Waals surface area contributed by atoms with Crippen LogP contribution in [0.5, 0.6) is 11.6 Å². The predicted octanol–water partition coefficient (Wildman–Crippen LogP) is 3.66. The monoisotopic (exact) mass is 347 g/mol. The molecule has 0 aliphatic rings. The smallest absolute Gasteiger partial charge is 0.266 e. The molecule has 0 atom stereocenters. The van der Waals surface area contributed by atoms with Gasteiger partial charge in [0.1, 0.15) is 12.1 Å². The Balaban J connectivity index is 1.64. The average Bonchev–Trinajstić information content (AvgIpc) is 3.14. The molecule has 0 radical (unpaired) electrons. The summed E-state index contributed by atoms with van der Waals surface area (Å²) in [4.78, 5) is 16.3. The van der Waals surface area contributed by atoms with Crippen molar-refractivity contribution in [2.45, 2.75) is 13.8 Å². The highest BCUT2D eigenvalue weighted by Gasteiger charge is 2.12. The maximum absolute atomic E-state index is 11.8. The Morgan fingerprint density at radius 3 is 2.65 bits per heavy atom. The molecule has 2 heterocycles. The zero-order chi connectivity index (χ0) is 18.1. The number of nitrogens with one attached hydrogen (secondary N) is 1. The van der Waals surface area contributed by atoms with Gasteiger partial charge in [-0.1, -0.05) is 26.0 Å². The molecule has 0 spiro atoms. The number of aromatic nitrogens is 4. The van der Waals surface area contributed by atoms with Gasteiger partial charge in [0.05, 0.1) is 11.0 Å². The lowest BCUT2D eigenvalue weighted by molar-refractivity contribution is -0.118. The molecule has 2 aromatic heterocycles. The van der Waals surface area contributed by atoms with Gasteiger partial charge in [-0.15, -0.1) is 10.2 Å². The number of benzene rings is 2. The summed E-state index contributed by atoms with van der Waals surface area (Å²) in [5.41, 5.74) is 2.96. The van der Waals surface area contributed by atoms with Gasteiger partial charge in [-0.2, -0.15) is 0 Å². The Hall–Kier alpha value is -3.48. The van der Waals surface area contributed by atoms with Gasteiger partial charge in [-0.25, -0.2) is 4.98 Å². The highest BCUT2D eigenvalue weighted by atomic mass is 16.5. The number of carbonyl (C=O) groups is 1. The van der Waals surface area contributed by atoms with Gasteiger partial charge in [-0.3, -0.25) is 9.20 Å². The molecule has 4 rings (SSSR count). The zero-order valence-electron chi connectivity index (χ0n) is 14.4. The summed E-state index contributed by atoms with van der Waals surface area (Å²) < 4.78 is 7.76. The predicted molar refractivity (Wildman–Crippen MR) is 98.3 cm³/mol. The first-order valence-corrected chi connectivity index (χ1v) is 8.29. The van der Waals surface area contributed by atoms with Gasteiger partial charge in [0.25, 0.3) is 5.88 Å². The Labute approximate surface area is 149 Å². The van der Waals surface area contributed by atoms with Gasteiger partial charge < -0.3 is 10.1 Å². The summed E-state index contributed by atoms with van der Waals surface area (Å²) >= 11 is 0. The third-order valence-corrected chi connectivity index (χ3v) is 3.96. The lowest BCUT2D eigenvalue weighted by Gasteiger charge is -2.10. The van der Waals surface area contributed by atoms with Crippen molar-refractivity contribution in [2.24, 2.45) is 5.92 Å². The van der Waals surface area contributed by atoms with Crippen LogP contribution in [0.3, 0.4) is 0 Å². The molecular formula is C19H17N5O2. The summed E-state index contributed by atoms with van der Waals surface area (Å²) in [5, 5.41) is 10.9. The molecule has 0 aliphatic carbocycles. The van der Waals surface area contributed by atoms with Gasteiger partial charge >= 0.3 is 0 Å². The SMILES string of the molecule is CC(C)C(=O)Nc1ccc(Oc2nc3ccccc3n3cnnc23)cc1. The molecule has 0 saturated carbocycles. The summed E-state index contributed by atoms with van der Waals surface area (Å²) in [6.45, 7) is 3.70. The van der Waals surface area contributed by atoms with E-state index in [0.29, 0.717) is 17.3 Å². The largest absolute Gasteiger partial charge is 0.436 e. The fourth-order valence-corrected chi connectivity index (χ4v) is 2.55. The molecule has 7 nitrogen and oxygen atoms in total. The van der Waals surface area contributed by atoms with Gasteiger partial charge in [0.2, 0.25) is 11.6 Å². The van der Waals surface area contributed by atoms with E-state index in [-0.39, 0.29) is 11.8 Å². The van der Waals surface area contributed by atoms with E-state index in [2.05, 4.69) is 20.5 Å². The van der Waals surface area contributed by atoms with Crippen molar-refractivity contribution in [1.29, 1.82) is 0 Å². The minimum atomic E-state index is -0.0750. The first-order chi connectivity index (χ1) is 12.6. The minimum Gasteiger partial charge on any atom is -0.436 e. The first-order valence-electron chi connectivity index (χ1n) is 8.29. The number of hydrogen-bond acceptors (Lipinski definition) is 5. The van der Waals surface area contributed by atoms with Crippen molar-refractivity contribution in [2.75, 3.05) is 5.32 Å². The quantitative estimate of drug-likeness (QED) is 0.609. The van der Waals surface area contributed by atoms with Gasteiger partial charge in [0, 0.05) is 11.6 Å². The summed E-state index contributed by atoms with van der Waals surface area (Å²) in [5.74, 6) is 0.870. The average molecular weight is 347 g/mol. The van der Waals surface area contributed by atoms with Crippen molar-refractivity contribution in [1.82, 2.24) is 19.6 Å². The third-order valence-electron chi connectivity index (χ3n) is 3.96. The number of anilines is 1. The number of rotatable bonds is 4. The van der Waals surface area contributed by atoms with E-state index in [1.165, 1.54) is 0 Å². The molecule has 1 N–H and O–H groups in total. The van der Waals surface area contributed by atoms with Crippen LogP contribution in [0.15, 0.2) is 54.9 Å². The number of para-hydroxylation sites is 2. The number of fused-ring (bicyclic) bond motifs is 3. The first kappa shape index (κ1) is 16.0. The molecule has 26 heavy (non-hydrogen) atoms. The minimum absolute atomic E-state index is 0.0277. The van der Waals surface area contributed by atoms with Crippen molar-refractivity contribution >= 4 is 28.3 Å². The Morgan fingerprint density at radius 2 is 1.88 bits per heavy atom. The molecule has 1 amide bonds. The van der Waals surface area contributed by atoms with E-state index in [1.807, 2.05) is 42.5 Å². The van der Waals surface area contributed by atoms with Crippen molar-refractivity contribution in [3.05, 3.63) is 54.9 Å². The number of nitrogens with zero attached hydrogens (tertiary/aromatic N) is 4. The fourth-order valence-electron chi connectivity index (χ4n) is 2.55. The number of hydrogen-bond donors (Lipinski definition) is 1. The lowest BCUT2D eigenvalue weighted by atomic mass is 10.2. The molecule has 0 saturated heterocycles. The standard InChI is InChI=1S/C19H17N5O2/c1-12(2)18(25)21-13-7-9-14(10-8-13)26-19-17-23-20-11-24(17)16-6-4-3-5-15(16)22-19/h3-12H,1-2H3,(H,21,25). The molecule has 0 aliphatic heterocycles. The second-order valence-electron chi connectivity index (χ2n) is 6.20. The van der Waals surface area contributed by atoms with Crippen LogP contribution in [0.2, 0.25) is 0 Å². The van der Waals surface area contributed by atoms with Crippen molar-refractivity contribution in [3.63, 3.8) is 0 Å². The van der Waals surface area contributed by atoms with Crippen molar-refractivity contribution < 1.29 is 9.53 Å². The highest BCUT2D eigenvalue weighted by Crippen LogP contribution is 2.27. The van der Waals surface area contributed by atoms with Crippen LogP contribution in [0.25, 0.3) is 16.7 Å². The van der Waals surface area contributed by atoms with Crippen LogP contribution in [0.4, 0.5) is 5.69 Å². The maximum atomic E-state index is 11.8. The van der Waals surface area contributed by atoms with E-state index in [4.69, 9.17) is 4.74 Å². The number of ether oxygens (including phenoxy) is 1. The lowest BCUT2D eigenvalue weighted by Crippen LogP contribution is -2.17. The second kappa shape index (κ2) is 6.44. The number of carbonyl (C=O) groups excluding carboxylic acids is 1. The molecule has 4 aromatic rings. The van der Waals surface area contributed by atoms with E-state index >= 15 is 0 Å². The zero-order valence-corrected chi connectivity index (χ0v) is 14.4. The molecule has 2 aromatic carbocycles. The van der Waals surface area contributed by atoms with Crippen LogP contribution >= 0.6 is 0 Å². The Morgan fingerprint density at radius 1 is 1.12 bits per heavy atom. The summed E-state index contributed by atoms with van der Waals surface area (Å²) in [7, 11) is 0.